The summed E-state index contributed by atoms with van der Waals surface area (Å²) >= 11 is 5.40. The van der Waals surface area contributed by atoms with Crippen LogP contribution in [0.15, 0.2) is 48.2 Å². The highest BCUT2D eigenvalue weighted by Gasteiger charge is 2.35. The quantitative estimate of drug-likeness (QED) is 0.180. The number of hydrogen-bond acceptors (Lipinski definition) is 6. The molecule has 0 spiro atoms. The number of ether oxygens (including phenoxy) is 2. The number of nitro benzene ring substituents is 1. The van der Waals surface area contributed by atoms with E-state index in [1.807, 2.05) is 0 Å². The highest BCUT2D eigenvalue weighted by molar-refractivity contribution is 7.80. The monoisotopic (exact) mass is 391 g/mol. The molecule has 1 N–H and O–H groups in total. The predicted octanol–water partition coefficient (Wildman–Crippen LogP) is 2.48. The maximum absolute atomic E-state index is 12.7. The fraction of sp³-hybridized carbons (Fsp3) is 0.333. The molecule has 1 aliphatic heterocycles. The number of benzene rings is 1. The Morgan fingerprint density at radius 1 is 1.48 bits per heavy atom. The van der Waals surface area contributed by atoms with Crippen molar-refractivity contribution in [2.24, 2.45) is 0 Å². The molecule has 1 heterocycles. The van der Waals surface area contributed by atoms with Gasteiger partial charge >= 0.3 is 5.97 Å². The Labute approximate surface area is 162 Å². The molecule has 0 unspecified atom stereocenters. The van der Waals surface area contributed by atoms with Gasteiger partial charge in [0, 0.05) is 31.5 Å². The number of esters is 1. The van der Waals surface area contributed by atoms with E-state index in [4.69, 9.17) is 21.7 Å². The van der Waals surface area contributed by atoms with E-state index >= 15 is 0 Å². The Morgan fingerprint density at radius 2 is 2.22 bits per heavy atom. The number of carbonyl (C=O) groups excluding carboxylic acids is 1. The van der Waals surface area contributed by atoms with Crippen LogP contribution in [0.1, 0.15) is 18.5 Å². The molecule has 1 aliphatic rings. The van der Waals surface area contributed by atoms with E-state index in [9.17, 15) is 14.9 Å². The van der Waals surface area contributed by atoms with Crippen LogP contribution in [0.3, 0.4) is 0 Å². The molecule has 144 valence electrons. The third-order valence-electron chi connectivity index (χ3n) is 4.06. The number of non-ortho nitro benzene ring substituents is 1. The Kier molecular flexibility index (Phi) is 7.03. The number of allylic oxidation sites excluding steroid dienone is 1. The molecular weight excluding hydrogens is 370 g/mol. The van der Waals surface area contributed by atoms with E-state index in [1.54, 1.807) is 30.0 Å². The summed E-state index contributed by atoms with van der Waals surface area (Å²) in [7, 11) is 1.51. The van der Waals surface area contributed by atoms with Gasteiger partial charge in [0.05, 0.1) is 23.1 Å². The Balaban J connectivity index is 2.48. The lowest BCUT2D eigenvalue weighted by Crippen LogP contribution is -2.47. The minimum absolute atomic E-state index is 0.0708. The van der Waals surface area contributed by atoms with E-state index in [-0.39, 0.29) is 18.9 Å². The maximum atomic E-state index is 12.7. The van der Waals surface area contributed by atoms with Crippen molar-refractivity contribution in [3.05, 3.63) is 63.9 Å². The molecule has 1 aromatic carbocycles. The minimum Gasteiger partial charge on any atom is -0.460 e. The minimum atomic E-state index is -0.659. The summed E-state index contributed by atoms with van der Waals surface area (Å²) in [6.45, 7) is 6.23. The fourth-order valence-electron chi connectivity index (χ4n) is 2.76. The van der Waals surface area contributed by atoms with Crippen molar-refractivity contribution in [2.75, 3.05) is 26.9 Å². The van der Waals surface area contributed by atoms with Crippen LogP contribution in [0, 0.1) is 10.1 Å². The molecule has 9 heteroatoms. The average Bonchev–Trinajstić information content (AvgIpc) is 2.64. The lowest BCUT2D eigenvalue weighted by molar-refractivity contribution is -0.384. The molecule has 1 aromatic rings. The highest BCUT2D eigenvalue weighted by atomic mass is 32.1. The third kappa shape index (κ3) is 4.69. The molecular formula is C18H21N3O5S. The normalized spacial score (nSPS) is 16.7. The van der Waals surface area contributed by atoms with Crippen LogP contribution < -0.4 is 5.32 Å². The Bertz CT molecular complexity index is 793. The molecule has 0 radical (unpaired) electrons. The number of rotatable bonds is 8. The number of nitrogens with one attached hydrogen (secondary N) is 1. The third-order valence-corrected chi connectivity index (χ3v) is 4.40. The van der Waals surface area contributed by atoms with Crippen LogP contribution in [-0.2, 0) is 14.3 Å². The van der Waals surface area contributed by atoms with Gasteiger partial charge in [0.15, 0.2) is 5.11 Å². The predicted molar refractivity (Wildman–Crippen MR) is 104 cm³/mol. The first-order valence-electron chi connectivity index (χ1n) is 8.20. The van der Waals surface area contributed by atoms with Crippen LogP contribution in [0.4, 0.5) is 5.69 Å². The first kappa shape index (κ1) is 20.5. The second-order valence-corrected chi connectivity index (χ2v) is 6.15. The zero-order chi connectivity index (χ0) is 20.0. The SMILES string of the molecule is C=CCN1C(=S)N[C@@H](c2cccc([N+](=O)[O-])c2)C(C(=O)OCCOC)=C1C. The first-order chi connectivity index (χ1) is 12.9. The molecule has 0 saturated carbocycles. The summed E-state index contributed by atoms with van der Waals surface area (Å²) in [5.74, 6) is -0.537. The van der Waals surface area contributed by atoms with E-state index in [0.717, 1.165) is 0 Å². The van der Waals surface area contributed by atoms with Gasteiger partial charge in [-0.25, -0.2) is 4.79 Å². The van der Waals surface area contributed by atoms with Crippen LogP contribution in [-0.4, -0.2) is 47.8 Å². The topological polar surface area (TPSA) is 93.9 Å². The summed E-state index contributed by atoms with van der Waals surface area (Å²) in [5.41, 5.74) is 1.42. The molecule has 0 bridgehead atoms. The smallest absolute Gasteiger partial charge is 0.338 e. The fourth-order valence-corrected chi connectivity index (χ4v) is 3.09. The molecule has 0 fully saturated rings. The van der Waals surface area contributed by atoms with Crippen LogP contribution in [0.5, 0.6) is 0 Å². The van der Waals surface area contributed by atoms with Crippen molar-refractivity contribution >= 4 is 29.0 Å². The molecule has 0 aromatic heterocycles. The highest BCUT2D eigenvalue weighted by Crippen LogP contribution is 2.32. The number of hydrogen-bond donors (Lipinski definition) is 1. The summed E-state index contributed by atoms with van der Waals surface area (Å²) in [6, 6.07) is 5.42. The molecule has 2 rings (SSSR count). The van der Waals surface area contributed by atoms with Crippen LogP contribution in [0.25, 0.3) is 0 Å². The average molecular weight is 391 g/mol. The van der Waals surface area contributed by atoms with Gasteiger partial charge in [0.2, 0.25) is 0 Å². The molecule has 27 heavy (non-hydrogen) atoms. The van der Waals surface area contributed by atoms with Crippen molar-refractivity contribution in [2.45, 2.75) is 13.0 Å². The van der Waals surface area contributed by atoms with Crippen molar-refractivity contribution < 1.29 is 19.2 Å². The molecule has 0 amide bonds. The van der Waals surface area contributed by atoms with E-state index in [1.165, 1.54) is 19.2 Å². The lowest BCUT2D eigenvalue weighted by Gasteiger charge is -2.37. The van der Waals surface area contributed by atoms with Crippen LogP contribution >= 0.6 is 12.2 Å². The number of carbonyl (C=O) groups is 1. The van der Waals surface area contributed by atoms with E-state index < -0.39 is 16.9 Å². The molecule has 0 aliphatic carbocycles. The largest absolute Gasteiger partial charge is 0.460 e. The van der Waals surface area contributed by atoms with Crippen molar-refractivity contribution in [1.82, 2.24) is 10.2 Å². The van der Waals surface area contributed by atoms with Gasteiger partial charge in [0.25, 0.3) is 5.69 Å². The number of nitro groups is 1. The Hall–Kier alpha value is -2.78. The second kappa shape index (κ2) is 9.24. The van der Waals surface area contributed by atoms with Gasteiger partial charge in [-0.2, -0.15) is 0 Å². The van der Waals surface area contributed by atoms with Gasteiger partial charge < -0.3 is 19.7 Å². The van der Waals surface area contributed by atoms with Crippen molar-refractivity contribution in [1.29, 1.82) is 0 Å². The summed E-state index contributed by atoms with van der Waals surface area (Å²) < 4.78 is 10.2. The molecule has 0 saturated heterocycles. The van der Waals surface area contributed by atoms with Crippen LogP contribution in [0.2, 0.25) is 0 Å². The zero-order valence-electron chi connectivity index (χ0n) is 15.1. The van der Waals surface area contributed by atoms with Gasteiger partial charge in [-0.3, -0.25) is 10.1 Å². The van der Waals surface area contributed by atoms with Gasteiger partial charge in [-0.1, -0.05) is 18.2 Å². The summed E-state index contributed by atoms with van der Waals surface area (Å²) in [6.07, 6.45) is 1.67. The zero-order valence-corrected chi connectivity index (χ0v) is 16.0. The summed E-state index contributed by atoms with van der Waals surface area (Å²) in [4.78, 5) is 25.1. The molecule has 8 nitrogen and oxygen atoms in total. The number of nitrogens with zero attached hydrogens (tertiary/aromatic N) is 2. The standard InChI is InChI=1S/C18H21N3O5S/c1-4-8-20-12(2)15(17(22)26-10-9-25-3)16(19-18(20)27)13-6-5-7-14(11-13)21(23)24/h4-7,11,16H,1,8-10H2,2-3H3,(H,19,27)/t16-/m0/s1. The lowest BCUT2D eigenvalue weighted by atomic mass is 9.94. The van der Waals surface area contributed by atoms with Crippen molar-refractivity contribution in [3.63, 3.8) is 0 Å². The first-order valence-corrected chi connectivity index (χ1v) is 8.61. The number of thiocarbonyl (C=S) groups is 1. The van der Waals surface area contributed by atoms with Gasteiger partial charge in [-0.15, -0.1) is 6.58 Å². The Morgan fingerprint density at radius 3 is 2.85 bits per heavy atom. The number of methoxy groups -OCH3 is 1. The second-order valence-electron chi connectivity index (χ2n) is 5.76. The van der Waals surface area contributed by atoms with E-state index in [2.05, 4.69) is 11.9 Å². The summed E-state index contributed by atoms with van der Waals surface area (Å²) in [5, 5.41) is 14.6. The van der Waals surface area contributed by atoms with Gasteiger partial charge in [0.1, 0.15) is 6.61 Å². The maximum Gasteiger partial charge on any atom is 0.338 e. The van der Waals surface area contributed by atoms with Crippen molar-refractivity contribution in [3.8, 4) is 0 Å². The van der Waals surface area contributed by atoms with E-state index in [0.29, 0.717) is 28.5 Å². The van der Waals surface area contributed by atoms with Gasteiger partial charge in [-0.05, 0) is 24.7 Å². The molecule has 1 atom stereocenters.